The lowest BCUT2D eigenvalue weighted by Gasteiger charge is -2.19. The van der Waals surface area contributed by atoms with E-state index in [-0.39, 0.29) is 5.91 Å². The predicted molar refractivity (Wildman–Crippen MR) is 127 cm³/mol. The minimum absolute atomic E-state index is 0.281. The fraction of sp³-hybridized carbons (Fsp3) is 0.962. The molecule has 0 fully saturated rings. The summed E-state index contributed by atoms with van der Waals surface area (Å²) in [5.74, 6) is 0.281. The average Bonchev–Trinajstić information content (AvgIpc) is 2.72. The fourth-order valence-electron chi connectivity index (χ4n) is 3.99. The zero-order valence-electron chi connectivity index (χ0n) is 20.2. The van der Waals surface area contributed by atoms with Crippen molar-refractivity contribution in [3.63, 3.8) is 0 Å². The molecule has 0 aromatic rings. The lowest BCUT2D eigenvalue weighted by atomic mass is 9.99. The topological polar surface area (TPSA) is 38.3 Å². The van der Waals surface area contributed by atoms with Crippen LogP contribution in [0, 0.1) is 0 Å². The van der Waals surface area contributed by atoms with Gasteiger partial charge in [-0.2, -0.15) is 0 Å². The number of hydrogen-bond donors (Lipinski definition) is 1. The summed E-state index contributed by atoms with van der Waals surface area (Å²) in [6.45, 7) is 5.40. The van der Waals surface area contributed by atoms with Crippen LogP contribution in [0.2, 0.25) is 0 Å². The summed E-state index contributed by atoms with van der Waals surface area (Å²) in [5.41, 5.74) is 0. The van der Waals surface area contributed by atoms with Crippen molar-refractivity contribution in [3.8, 4) is 0 Å². The molecule has 0 aromatic carbocycles. The fourth-order valence-corrected chi connectivity index (χ4v) is 3.99. The van der Waals surface area contributed by atoms with E-state index in [1.54, 1.807) is 7.11 Å². The first-order chi connectivity index (χ1) is 14.2. The molecule has 0 heterocycles. The second-order valence-electron chi connectivity index (χ2n) is 8.89. The molecule has 0 aliphatic heterocycles. The third-order valence-electron chi connectivity index (χ3n) is 5.93. The highest BCUT2D eigenvalue weighted by Gasteiger charge is 2.12. The largest absolute Gasteiger partial charge is 0.385 e. The van der Waals surface area contributed by atoms with Gasteiger partial charge >= 0.3 is 0 Å². The maximum Gasteiger partial charge on any atom is 0.220 e. The van der Waals surface area contributed by atoms with Crippen LogP contribution in [0.25, 0.3) is 0 Å². The molecule has 3 heteroatoms. The molecule has 1 N–H and O–H groups in total. The third-order valence-corrected chi connectivity index (χ3v) is 5.93. The summed E-state index contributed by atoms with van der Waals surface area (Å²) in [5, 5.41) is 3.37. The summed E-state index contributed by atoms with van der Waals surface area (Å²) in [4.78, 5) is 12.4. The van der Waals surface area contributed by atoms with Gasteiger partial charge in [0.15, 0.2) is 0 Å². The van der Waals surface area contributed by atoms with Crippen molar-refractivity contribution in [2.75, 3.05) is 13.7 Å². The average molecular weight is 412 g/mol. The van der Waals surface area contributed by atoms with Crippen molar-refractivity contribution in [2.24, 2.45) is 0 Å². The lowest BCUT2D eigenvalue weighted by molar-refractivity contribution is -0.122. The van der Waals surface area contributed by atoms with Crippen LogP contribution in [0.15, 0.2) is 0 Å². The van der Waals surface area contributed by atoms with Crippen molar-refractivity contribution in [3.05, 3.63) is 0 Å². The molecular weight excluding hydrogens is 358 g/mol. The Bertz CT molecular complexity index is 317. The number of methoxy groups -OCH3 is 1. The molecule has 0 aliphatic carbocycles. The summed E-state index contributed by atoms with van der Waals surface area (Å²) >= 11 is 0. The number of ether oxygens (including phenoxy) is 1. The van der Waals surface area contributed by atoms with Crippen molar-refractivity contribution in [1.82, 2.24) is 5.32 Å². The maximum absolute atomic E-state index is 12.4. The predicted octanol–water partition coefficient (Wildman–Crippen LogP) is 7.96. The van der Waals surface area contributed by atoms with E-state index in [1.165, 1.54) is 103 Å². The number of carbonyl (C=O) groups is 1. The highest BCUT2D eigenvalue weighted by Crippen LogP contribution is 2.15. The molecule has 0 atom stereocenters. The van der Waals surface area contributed by atoms with Gasteiger partial charge in [-0.05, 0) is 25.7 Å². The van der Waals surface area contributed by atoms with Crippen molar-refractivity contribution in [2.45, 2.75) is 148 Å². The van der Waals surface area contributed by atoms with Crippen molar-refractivity contribution < 1.29 is 9.53 Å². The minimum Gasteiger partial charge on any atom is -0.385 e. The van der Waals surface area contributed by atoms with Gasteiger partial charge in [-0.15, -0.1) is 0 Å². The van der Waals surface area contributed by atoms with Crippen LogP contribution in [-0.4, -0.2) is 25.7 Å². The molecule has 0 aliphatic rings. The van der Waals surface area contributed by atoms with Gasteiger partial charge in [0.25, 0.3) is 0 Å². The number of unbranched alkanes of at least 4 members (excludes halogenated alkanes) is 14. The first-order valence-electron chi connectivity index (χ1n) is 13.0. The molecule has 0 saturated carbocycles. The highest BCUT2D eigenvalue weighted by atomic mass is 16.5. The van der Waals surface area contributed by atoms with Gasteiger partial charge in [-0.25, -0.2) is 0 Å². The quantitative estimate of drug-likeness (QED) is 0.173. The summed E-state index contributed by atoms with van der Waals surface area (Å²) < 4.78 is 5.09. The minimum atomic E-state index is 0.281. The molecule has 174 valence electrons. The van der Waals surface area contributed by atoms with Crippen LogP contribution in [0.3, 0.4) is 0 Å². The van der Waals surface area contributed by atoms with Gasteiger partial charge in [-0.3, -0.25) is 4.79 Å². The third kappa shape index (κ3) is 21.9. The molecule has 0 aromatic heterocycles. The van der Waals surface area contributed by atoms with Crippen LogP contribution in [0.5, 0.6) is 0 Å². The van der Waals surface area contributed by atoms with E-state index in [9.17, 15) is 4.79 Å². The SMILES string of the molecule is CCCCCCCCC(CCCCCCCC)NC(=O)CCCCCCCOC. The Morgan fingerprint density at radius 1 is 0.655 bits per heavy atom. The molecule has 0 saturated heterocycles. The molecule has 0 spiro atoms. The normalized spacial score (nSPS) is 11.3. The zero-order valence-corrected chi connectivity index (χ0v) is 20.2. The van der Waals surface area contributed by atoms with E-state index in [2.05, 4.69) is 19.2 Å². The Hall–Kier alpha value is -0.570. The van der Waals surface area contributed by atoms with Crippen LogP contribution in [0.1, 0.15) is 142 Å². The molecule has 29 heavy (non-hydrogen) atoms. The Labute approximate surface area is 183 Å². The van der Waals surface area contributed by atoms with Crippen LogP contribution in [-0.2, 0) is 9.53 Å². The molecule has 3 nitrogen and oxygen atoms in total. The van der Waals surface area contributed by atoms with E-state index in [0.717, 1.165) is 25.9 Å². The van der Waals surface area contributed by atoms with Crippen LogP contribution in [0.4, 0.5) is 0 Å². The van der Waals surface area contributed by atoms with E-state index in [1.807, 2.05) is 0 Å². The first kappa shape index (κ1) is 28.4. The van der Waals surface area contributed by atoms with Crippen molar-refractivity contribution in [1.29, 1.82) is 0 Å². The van der Waals surface area contributed by atoms with Gasteiger partial charge < -0.3 is 10.1 Å². The van der Waals surface area contributed by atoms with Crippen LogP contribution < -0.4 is 5.32 Å². The Morgan fingerprint density at radius 2 is 1.10 bits per heavy atom. The van der Waals surface area contributed by atoms with E-state index < -0.39 is 0 Å². The maximum atomic E-state index is 12.4. The number of amides is 1. The van der Waals surface area contributed by atoms with E-state index in [4.69, 9.17) is 4.74 Å². The van der Waals surface area contributed by atoms with Gasteiger partial charge in [0.2, 0.25) is 5.91 Å². The summed E-state index contributed by atoms with van der Waals surface area (Å²) in [7, 11) is 1.76. The number of rotatable bonds is 23. The number of carbonyl (C=O) groups excluding carboxylic acids is 1. The molecular formula is C26H53NO2. The Balaban J connectivity index is 3.98. The molecule has 0 unspecified atom stereocenters. The Morgan fingerprint density at radius 3 is 1.62 bits per heavy atom. The second kappa shape index (κ2) is 23.7. The van der Waals surface area contributed by atoms with Gasteiger partial charge in [-0.1, -0.05) is 110 Å². The van der Waals surface area contributed by atoms with E-state index >= 15 is 0 Å². The zero-order chi connectivity index (χ0) is 21.4. The molecule has 0 rings (SSSR count). The number of nitrogens with one attached hydrogen (secondary N) is 1. The monoisotopic (exact) mass is 411 g/mol. The molecule has 0 bridgehead atoms. The second-order valence-corrected chi connectivity index (χ2v) is 8.89. The molecule has 1 amide bonds. The van der Waals surface area contributed by atoms with Gasteiger partial charge in [0.1, 0.15) is 0 Å². The van der Waals surface area contributed by atoms with Crippen molar-refractivity contribution >= 4 is 5.91 Å². The van der Waals surface area contributed by atoms with Gasteiger partial charge in [0, 0.05) is 26.2 Å². The Kier molecular flexibility index (Phi) is 23.2. The lowest BCUT2D eigenvalue weighted by Crippen LogP contribution is -2.34. The standard InChI is InChI=1S/C26H53NO2/c1-4-6-8-10-13-17-21-25(22-18-14-11-9-7-5-2)27-26(28)23-19-15-12-16-20-24-29-3/h25H,4-24H2,1-3H3,(H,27,28). The smallest absolute Gasteiger partial charge is 0.220 e. The van der Waals surface area contributed by atoms with E-state index in [0.29, 0.717) is 12.5 Å². The molecule has 0 radical (unpaired) electrons. The van der Waals surface area contributed by atoms with Crippen LogP contribution >= 0.6 is 0 Å². The summed E-state index contributed by atoms with van der Waals surface area (Å²) in [6, 6.07) is 0.404. The summed E-state index contributed by atoms with van der Waals surface area (Å²) in [6.07, 6.45) is 24.8. The van der Waals surface area contributed by atoms with Gasteiger partial charge in [0.05, 0.1) is 0 Å². The highest BCUT2D eigenvalue weighted by molar-refractivity contribution is 5.76. The first-order valence-corrected chi connectivity index (χ1v) is 13.0. The number of hydrogen-bond acceptors (Lipinski definition) is 2.